The number of hydrogen-bond acceptors (Lipinski definition) is 6. The number of carbonyl (C=O) groups is 1. The minimum absolute atomic E-state index is 0.0806. The van der Waals surface area contributed by atoms with Crippen molar-refractivity contribution in [1.82, 2.24) is 14.8 Å². The fraction of sp³-hybridized carbons (Fsp3) is 0.650. The highest BCUT2D eigenvalue weighted by atomic mass is 32.1. The van der Waals surface area contributed by atoms with Gasteiger partial charge in [-0.2, -0.15) is 5.10 Å². The van der Waals surface area contributed by atoms with E-state index in [-0.39, 0.29) is 17.0 Å². The van der Waals surface area contributed by atoms with Gasteiger partial charge in [-0.1, -0.05) is 0 Å². The van der Waals surface area contributed by atoms with Gasteiger partial charge in [0.1, 0.15) is 17.9 Å². The van der Waals surface area contributed by atoms with Gasteiger partial charge in [0.05, 0.1) is 10.6 Å². The minimum Gasteiger partial charge on any atom is -0.300 e. The lowest BCUT2D eigenvalue weighted by molar-refractivity contribution is -0.385. The van der Waals surface area contributed by atoms with Crippen molar-refractivity contribution < 1.29 is 9.72 Å². The quantitative estimate of drug-likeness (QED) is 0.582. The predicted molar refractivity (Wildman–Crippen MR) is 109 cm³/mol. The molecule has 154 valence electrons. The van der Waals surface area contributed by atoms with Gasteiger partial charge in [0, 0.05) is 10.8 Å². The largest absolute Gasteiger partial charge is 0.309 e. The molecule has 29 heavy (non-hydrogen) atoms. The summed E-state index contributed by atoms with van der Waals surface area (Å²) >= 11 is 1.47. The lowest BCUT2D eigenvalue weighted by Gasteiger charge is -2.56. The highest BCUT2D eigenvalue weighted by molar-refractivity contribution is 7.14. The summed E-state index contributed by atoms with van der Waals surface area (Å²) in [5.41, 5.74) is 1.57. The average molecular weight is 416 g/mol. The van der Waals surface area contributed by atoms with Crippen LogP contribution in [0.25, 0.3) is 0 Å². The second-order valence-corrected chi connectivity index (χ2v) is 10.1. The number of anilines is 1. The number of aromatic nitrogens is 3. The molecule has 0 saturated heterocycles. The lowest BCUT2D eigenvalue weighted by Crippen LogP contribution is -2.48. The molecule has 0 spiro atoms. The number of thiazole rings is 1. The van der Waals surface area contributed by atoms with E-state index in [9.17, 15) is 14.9 Å². The van der Waals surface area contributed by atoms with Gasteiger partial charge in [0.25, 0.3) is 5.91 Å². The van der Waals surface area contributed by atoms with Crippen molar-refractivity contribution >= 4 is 28.1 Å². The molecule has 9 heteroatoms. The van der Waals surface area contributed by atoms with E-state index in [0.29, 0.717) is 10.8 Å². The van der Waals surface area contributed by atoms with Crippen LogP contribution in [0.5, 0.6) is 0 Å². The topological polar surface area (TPSA) is 103 Å². The Morgan fingerprint density at radius 3 is 2.48 bits per heavy atom. The summed E-state index contributed by atoms with van der Waals surface area (Å²) in [5, 5.41) is 20.8. The summed E-state index contributed by atoms with van der Waals surface area (Å²) in [7, 11) is 0. The third-order valence-corrected chi connectivity index (χ3v) is 7.94. The highest BCUT2D eigenvalue weighted by Gasteiger charge is 2.52. The Balaban J connectivity index is 1.31. The van der Waals surface area contributed by atoms with E-state index in [1.807, 2.05) is 0 Å². The van der Waals surface area contributed by atoms with Crippen molar-refractivity contribution in [3.8, 4) is 0 Å². The number of hydrogen-bond donors (Lipinski definition) is 1. The van der Waals surface area contributed by atoms with Crippen molar-refractivity contribution in [2.75, 3.05) is 5.32 Å². The molecule has 4 saturated carbocycles. The molecule has 4 aliphatic rings. The molecule has 4 aliphatic carbocycles. The first-order valence-electron chi connectivity index (χ1n) is 10.3. The van der Waals surface area contributed by atoms with Crippen LogP contribution < -0.4 is 5.32 Å². The number of carbonyl (C=O) groups excluding carboxylic acids is 1. The van der Waals surface area contributed by atoms with Gasteiger partial charge < -0.3 is 5.32 Å². The molecule has 4 bridgehead atoms. The molecule has 2 aromatic heterocycles. The van der Waals surface area contributed by atoms with Crippen molar-refractivity contribution in [2.45, 2.75) is 63.8 Å². The fourth-order valence-electron chi connectivity index (χ4n) is 6.18. The second kappa shape index (κ2) is 6.62. The van der Waals surface area contributed by atoms with Crippen LogP contribution >= 0.6 is 11.3 Å². The van der Waals surface area contributed by atoms with Gasteiger partial charge in [-0.25, -0.2) is 4.98 Å². The van der Waals surface area contributed by atoms with Crippen LogP contribution in [0.4, 0.5) is 10.8 Å². The molecule has 4 fully saturated rings. The van der Waals surface area contributed by atoms with Crippen molar-refractivity contribution in [1.29, 1.82) is 0 Å². The molecule has 2 aromatic rings. The van der Waals surface area contributed by atoms with Crippen LogP contribution in [0, 0.1) is 34.8 Å². The number of amides is 1. The first-order valence-corrected chi connectivity index (χ1v) is 11.2. The van der Waals surface area contributed by atoms with E-state index in [4.69, 9.17) is 4.98 Å². The maximum absolute atomic E-state index is 12.7. The van der Waals surface area contributed by atoms with Gasteiger partial charge in [-0.3, -0.25) is 19.6 Å². The molecule has 6 rings (SSSR count). The maximum atomic E-state index is 12.7. The van der Waals surface area contributed by atoms with Crippen molar-refractivity contribution in [3.05, 3.63) is 33.1 Å². The Morgan fingerprint density at radius 1 is 1.31 bits per heavy atom. The number of nitrogens with zero attached hydrogens (tertiary/aromatic N) is 4. The first kappa shape index (κ1) is 18.7. The molecule has 0 aromatic carbocycles. The van der Waals surface area contributed by atoms with Crippen LogP contribution in [-0.2, 0) is 10.2 Å². The summed E-state index contributed by atoms with van der Waals surface area (Å²) in [6.45, 7) is 3.25. The SMILES string of the molecule is Cc1nn([C@H](C)C(=O)Nc2nc(C34CC5CC(CC(C5)C3)C4)cs2)cc1[N+](=O)[O-]. The first-order chi connectivity index (χ1) is 13.8. The predicted octanol–water partition coefficient (Wildman–Crippen LogP) is 4.22. The lowest BCUT2D eigenvalue weighted by atomic mass is 9.49. The van der Waals surface area contributed by atoms with Crippen LogP contribution in [0.15, 0.2) is 11.6 Å². The molecule has 1 amide bonds. The van der Waals surface area contributed by atoms with Gasteiger partial charge in [-0.05, 0) is 70.1 Å². The molecule has 1 atom stereocenters. The standard InChI is InChI=1S/C20H25N5O3S/c1-11-16(25(27)28)9-24(23-11)12(2)18(26)22-19-21-17(10-29-19)20-6-13-3-14(7-20)5-15(4-13)8-20/h9-10,12-15H,3-8H2,1-2H3,(H,21,22,26)/t12-,13?,14?,15?,20?/m1/s1. The van der Waals surface area contributed by atoms with Crippen LogP contribution in [0.2, 0.25) is 0 Å². The molecule has 0 unspecified atom stereocenters. The summed E-state index contributed by atoms with van der Waals surface area (Å²) in [6, 6.07) is -0.658. The summed E-state index contributed by atoms with van der Waals surface area (Å²) in [4.78, 5) is 28.0. The van der Waals surface area contributed by atoms with Crippen LogP contribution in [0.1, 0.15) is 62.9 Å². The zero-order chi connectivity index (χ0) is 20.3. The zero-order valence-corrected chi connectivity index (χ0v) is 17.4. The Morgan fingerprint density at radius 2 is 1.93 bits per heavy atom. The number of nitro groups is 1. The smallest absolute Gasteiger partial charge is 0.300 e. The van der Waals surface area contributed by atoms with Gasteiger partial charge in [0.2, 0.25) is 0 Å². The molecule has 1 N–H and O–H groups in total. The third-order valence-electron chi connectivity index (χ3n) is 7.18. The minimum atomic E-state index is -0.658. The van der Waals surface area contributed by atoms with E-state index in [1.165, 1.54) is 60.7 Å². The Kier molecular flexibility index (Phi) is 4.27. The third kappa shape index (κ3) is 3.15. The maximum Gasteiger partial charge on any atom is 0.309 e. The molecule has 2 heterocycles. The van der Waals surface area contributed by atoms with Crippen molar-refractivity contribution in [2.24, 2.45) is 17.8 Å². The zero-order valence-electron chi connectivity index (χ0n) is 16.6. The van der Waals surface area contributed by atoms with Gasteiger partial charge >= 0.3 is 5.69 Å². The molecular weight excluding hydrogens is 390 g/mol. The van der Waals surface area contributed by atoms with E-state index in [0.717, 1.165) is 23.4 Å². The number of rotatable bonds is 5. The average Bonchev–Trinajstić information content (AvgIpc) is 3.27. The van der Waals surface area contributed by atoms with Gasteiger partial charge in [0.15, 0.2) is 5.13 Å². The van der Waals surface area contributed by atoms with Crippen LogP contribution in [-0.4, -0.2) is 25.6 Å². The Bertz CT molecular complexity index is 945. The van der Waals surface area contributed by atoms with E-state index in [1.54, 1.807) is 13.8 Å². The van der Waals surface area contributed by atoms with E-state index in [2.05, 4.69) is 15.8 Å². The number of aryl methyl sites for hydroxylation is 1. The van der Waals surface area contributed by atoms with Gasteiger partial charge in [-0.15, -0.1) is 11.3 Å². The molecule has 8 nitrogen and oxygen atoms in total. The normalized spacial score (nSPS) is 31.0. The number of nitrogens with one attached hydrogen (secondary N) is 1. The summed E-state index contributed by atoms with van der Waals surface area (Å²) in [5.74, 6) is 2.27. The van der Waals surface area contributed by atoms with Crippen molar-refractivity contribution in [3.63, 3.8) is 0 Å². The summed E-state index contributed by atoms with van der Waals surface area (Å²) < 4.78 is 1.34. The van der Waals surface area contributed by atoms with E-state index >= 15 is 0 Å². The Hall–Kier alpha value is -2.29. The summed E-state index contributed by atoms with van der Waals surface area (Å²) in [6.07, 6.45) is 9.19. The fourth-order valence-corrected chi connectivity index (χ4v) is 7.02. The van der Waals surface area contributed by atoms with Crippen LogP contribution in [0.3, 0.4) is 0 Å². The monoisotopic (exact) mass is 415 g/mol. The molecular formula is C20H25N5O3S. The Labute approximate surface area is 172 Å². The molecule has 0 radical (unpaired) electrons. The second-order valence-electron chi connectivity index (χ2n) is 9.24. The highest BCUT2D eigenvalue weighted by Crippen LogP contribution is 2.60. The molecule has 0 aliphatic heterocycles. The van der Waals surface area contributed by atoms with E-state index < -0.39 is 11.0 Å².